The lowest BCUT2D eigenvalue weighted by atomic mass is 10.1. The number of carbonyl (C=O) groups excluding carboxylic acids is 1. The number of nitrogen functional groups attached to an aromatic ring is 1. The van der Waals surface area contributed by atoms with Crippen LogP contribution in [-0.4, -0.2) is 32.3 Å². The first-order valence-electron chi connectivity index (χ1n) is 6.08. The molecule has 0 aromatic heterocycles. The van der Waals surface area contributed by atoms with Crippen molar-refractivity contribution in [2.24, 2.45) is 0 Å². The summed E-state index contributed by atoms with van der Waals surface area (Å²) in [6.07, 6.45) is -3.82. The van der Waals surface area contributed by atoms with Crippen molar-refractivity contribution in [2.45, 2.75) is 19.5 Å². The van der Waals surface area contributed by atoms with E-state index in [9.17, 15) is 18.0 Å². The Kier molecular flexibility index (Phi) is 5.24. The molecular weight excluding hydrogens is 273 g/mol. The van der Waals surface area contributed by atoms with E-state index in [1.807, 2.05) is 0 Å². The Bertz CT molecular complexity index is 475. The SMILES string of the molecule is CCCN(CC(F)(F)F)c1cc(C(=O)OC)ccc1N. The van der Waals surface area contributed by atoms with Crippen molar-refractivity contribution in [1.82, 2.24) is 0 Å². The maximum Gasteiger partial charge on any atom is 0.405 e. The Morgan fingerprint density at radius 3 is 2.55 bits per heavy atom. The molecule has 1 rings (SSSR count). The third-order valence-electron chi connectivity index (χ3n) is 2.66. The lowest BCUT2D eigenvalue weighted by molar-refractivity contribution is -0.119. The van der Waals surface area contributed by atoms with E-state index in [4.69, 9.17) is 5.73 Å². The minimum absolute atomic E-state index is 0.167. The van der Waals surface area contributed by atoms with Gasteiger partial charge in [0.1, 0.15) is 6.54 Å². The van der Waals surface area contributed by atoms with E-state index in [0.717, 1.165) is 4.90 Å². The minimum atomic E-state index is -4.34. The van der Waals surface area contributed by atoms with Crippen LogP contribution in [0.25, 0.3) is 0 Å². The number of methoxy groups -OCH3 is 1. The maximum atomic E-state index is 12.6. The van der Waals surface area contributed by atoms with Crippen LogP contribution in [0.4, 0.5) is 24.5 Å². The van der Waals surface area contributed by atoms with Crippen LogP contribution in [0.3, 0.4) is 0 Å². The molecule has 0 fully saturated rings. The second-order valence-corrected chi connectivity index (χ2v) is 4.30. The number of ether oxygens (including phenoxy) is 1. The van der Waals surface area contributed by atoms with E-state index in [0.29, 0.717) is 6.42 Å². The molecule has 0 unspecified atom stereocenters. The summed E-state index contributed by atoms with van der Waals surface area (Å²) in [4.78, 5) is 12.6. The molecule has 0 amide bonds. The summed E-state index contributed by atoms with van der Waals surface area (Å²) in [7, 11) is 1.21. The Morgan fingerprint density at radius 1 is 1.40 bits per heavy atom. The lowest BCUT2D eigenvalue weighted by Gasteiger charge is -2.27. The maximum absolute atomic E-state index is 12.6. The van der Waals surface area contributed by atoms with Crippen LogP contribution in [0.15, 0.2) is 18.2 Å². The molecule has 1 aromatic carbocycles. The van der Waals surface area contributed by atoms with Gasteiger partial charge in [-0.3, -0.25) is 0 Å². The van der Waals surface area contributed by atoms with E-state index in [-0.39, 0.29) is 23.5 Å². The van der Waals surface area contributed by atoms with Gasteiger partial charge in [0.15, 0.2) is 0 Å². The van der Waals surface area contributed by atoms with Gasteiger partial charge in [0, 0.05) is 6.54 Å². The molecule has 7 heteroatoms. The fraction of sp³-hybridized carbons (Fsp3) is 0.462. The molecule has 0 aliphatic heterocycles. The quantitative estimate of drug-likeness (QED) is 0.669. The van der Waals surface area contributed by atoms with Gasteiger partial charge in [0.25, 0.3) is 0 Å². The van der Waals surface area contributed by atoms with Gasteiger partial charge in [-0.2, -0.15) is 13.2 Å². The molecule has 1 aromatic rings. The zero-order valence-corrected chi connectivity index (χ0v) is 11.3. The van der Waals surface area contributed by atoms with Crippen LogP contribution in [-0.2, 0) is 4.74 Å². The highest BCUT2D eigenvalue weighted by Crippen LogP contribution is 2.28. The number of hydrogen-bond donors (Lipinski definition) is 1. The van der Waals surface area contributed by atoms with E-state index < -0.39 is 18.7 Å². The number of hydrogen-bond acceptors (Lipinski definition) is 4. The molecule has 0 saturated heterocycles. The summed E-state index contributed by atoms with van der Waals surface area (Å²) in [5, 5.41) is 0. The number of carbonyl (C=O) groups is 1. The molecule has 0 radical (unpaired) electrons. The highest BCUT2D eigenvalue weighted by Gasteiger charge is 2.31. The van der Waals surface area contributed by atoms with Gasteiger partial charge in [0.05, 0.1) is 24.0 Å². The van der Waals surface area contributed by atoms with Gasteiger partial charge >= 0.3 is 12.1 Å². The van der Waals surface area contributed by atoms with Crippen molar-refractivity contribution in [1.29, 1.82) is 0 Å². The van der Waals surface area contributed by atoms with Gasteiger partial charge in [-0.15, -0.1) is 0 Å². The summed E-state index contributed by atoms with van der Waals surface area (Å²) >= 11 is 0. The molecule has 20 heavy (non-hydrogen) atoms. The predicted molar refractivity (Wildman–Crippen MR) is 70.8 cm³/mol. The van der Waals surface area contributed by atoms with Gasteiger partial charge < -0.3 is 15.4 Å². The third kappa shape index (κ3) is 4.32. The number of alkyl halides is 3. The van der Waals surface area contributed by atoms with Crippen LogP contribution in [0.2, 0.25) is 0 Å². The number of benzene rings is 1. The van der Waals surface area contributed by atoms with Gasteiger partial charge in [-0.1, -0.05) is 6.92 Å². The number of esters is 1. The van der Waals surface area contributed by atoms with E-state index >= 15 is 0 Å². The molecule has 0 heterocycles. The molecule has 0 aliphatic carbocycles. The van der Waals surface area contributed by atoms with E-state index in [2.05, 4.69) is 4.74 Å². The second-order valence-electron chi connectivity index (χ2n) is 4.30. The van der Waals surface area contributed by atoms with Crippen molar-refractivity contribution in [3.63, 3.8) is 0 Å². The van der Waals surface area contributed by atoms with Crippen LogP contribution >= 0.6 is 0 Å². The minimum Gasteiger partial charge on any atom is -0.465 e. The summed E-state index contributed by atoms with van der Waals surface area (Å²) in [5.41, 5.74) is 6.26. The summed E-state index contributed by atoms with van der Waals surface area (Å²) in [5.74, 6) is -0.616. The predicted octanol–water partition coefficient (Wildman–Crippen LogP) is 2.83. The topological polar surface area (TPSA) is 55.6 Å². The van der Waals surface area contributed by atoms with E-state index in [1.165, 1.54) is 25.3 Å². The average molecular weight is 290 g/mol. The first-order chi connectivity index (χ1) is 9.28. The summed E-state index contributed by atoms with van der Waals surface area (Å²) in [6.45, 7) is 0.841. The van der Waals surface area contributed by atoms with Crippen LogP contribution in [0, 0.1) is 0 Å². The molecular formula is C13H17F3N2O2. The van der Waals surface area contributed by atoms with Crippen LogP contribution in [0.1, 0.15) is 23.7 Å². The zero-order valence-electron chi connectivity index (χ0n) is 11.3. The van der Waals surface area contributed by atoms with Crippen molar-refractivity contribution in [3.8, 4) is 0 Å². The van der Waals surface area contributed by atoms with Crippen molar-refractivity contribution in [2.75, 3.05) is 30.8 Å². The highest BCUT2D eigenvalue weighted by atomic mass is 19.4. The average Bonchev–Trinajstić information content (AvgIpc) is 2.36. The molecule has 0 bridgehead atoms. The molecule has 0 aliphatic rings. The lowest BCUT2D eigenvalue weighted by Crippen LogP contribution is -2.35. The standard InChI is InChI=1S/C13H17F3N2O2/c1-3-6-18(8-13(14,15)16)11-7-9(12(19)20-2)4-5-10(11)17/h4-5,7H,3,6,8,17H2,1-2H3. The number of rotatable bonds is 5. The molecule has 0 spiro atoms. The summed E-state index contributed by atoms with van der Waals surface area (Å²) < 4.78 is 42.3. The van der Waals surface area contributed by atoms with Gasteiger partial charge in [0.2, 0.25) is 0 Å². The Morgan fingerprint density at radius 2 is 2.05 bits per heavy atom. The smallest absolute Gasteiger partial charge is 0.405 e. The fourth-order valence-corrected chi connectivity index (χ4v) is 1.83. The number of nitrogens with two attached hydrogens (primary N) is 1. The fourth-order valence-electron chi connectivity index (χ4n) is 1.83. The number of halogens is 3. The monoisotopic (exact) mass is 290 g/mol. The van der Waals surface area contributed by atoms with Crippen molar-refractivity contribution < 1.29 is 22.7 Å². The molecule has 112 valence electrons. The highest BCUT2D eigenvalue weighted by molar-refractivity contribution is 5.92. The van der Waals surface area contributed by atoms with Gasteiger partial charge in [-0.25, -0.2) is 4.79 Å². The zero-order chi connectivity index (χ0) is 15.3. The molecule has 4 nitrogen and oxygen atoms in total. The largest absolute Gasteiger partial charge is 0.465 e. The van der Waals surface area contributed by atoms with E-state index in [1.54, 1.807) is 6.92 Å². The Labute approximate surface area is 115 Å². The Hall–Kier alpha value is -1.92. The van der Waals surface area contributed by atoms with Gasteiger partial charge in [-0.05, 0) is 24.6 Å². The molecule has 0 saturated carbocycles. The van der Waals surface area contributed by atoms with Crippen LogP contribution in [0.5, 0.6) is 0 Å². The van der Waals surface area contributed by atoms with Crippen molar-refractivity contribution >= 4 is 17.3 Å². The first kappa shape index (κ1) is 16.1. The normalized spacial score (nSPS) is 11.2. The molecule has 0 atom stereocenters. The second kappa shape index (κ2) is 6.49. The first-order valence-corrected chi connectivity index (χ1v) is 6.08. The van der Waals surface area contributed by atoms with Crippen molar-refractivity contribution in [3.05, 3.63) is 23.8 Å². The van der Waals surface area contributed by atoms with Crippen LogP contribution < -0.4 is 10.6 Å². The summed E-state index contributed by atoms with van der Waals surface area (Å²) in [6, 6.07) is 4.14. The number of anilines is 2. The molecule has 2 N–H and O–H groups in total. The number of nitrogens with zero attached hydrogens (tertiary/aromatic N) is 1. The Balaban J connectivity index is 3.14. The third-order valence-corrected chi connectivity index (χ3v) is 2.66.